The van der Waals surface area contributed by atoms with E-state index >= 15 is 0 Å². The molecule has 3 atom stereocenters. The van der Waals surface area contributed by atoms with Crippen LogP contribution < -0.4 is 0 Å². The predicted molar refractivity (Wildman–Crippen MR) is 65.4 cm³/mol. The summed E-state index contributed by atoms with van der Waals surface area (Å²) in [6.07, 6.45) is 2.86. The fourth-order valence-electron chi connectivity index (χ4n) is 3.79. The van der Waals surface area contributed by atoms with Gasteiger partial charge in [0.05, 0.1) is 12.7 Å². The minimum Gasteiger partial charge on any atom is -0.381 e. The number of rotatable bonds is 2. The van der Waals surface area contributed by atoms with Crippen LogP contribution in [0.3, 0.4) is 0 Å². The molecule has 2 nitrogen and oxygen atoms in total. The van der Waals surface area contributed by atoms with Crippen LogP contribution in [0.1, 0.15) is 40.5 Å². The smallest absolute Gasteiger partial charge is 0.0634 e. The van der Waals surface area contributed by atoms with Gasteiger partial charge in [-0.15, -0.1) is 0 Å². The van der Waals surface area contributed by atoms with Crippen molar-refractivity contribution in [3.63, 3.8) is 0 Å². The molecule has 2 fully saturated rings. The number of ether oxygens (including phenoxy) is 2. The molecule has 2 rings (SSSR count). The van der Waals surface area contributed by atoms with Gasteiger partial charge in [0, 0.05) is 18.6 Å². The van der Waals surface area contributed by atoms with Crippen molar-refractivity contribution in [2.24, 2.45) is 23.2 Å². The van der Waals surface area contributed by atoms with Crippen LogP contribution in [0.25, 0.3) is 0 Å². The molecule has 0 aromatic rings. The molecule has 2 heterocycles. The van der Waals surface area contributed by atoms with E-state index in [9.17, 15) is 0 Å². The lowest BCUT2D eigenvalue weighted by molar-refractivity contribution is -0.137. The van der Waals surface area contributed by atoms with E-state index in [1.54, 1.807) is 0 Å². The van der Waals surface area contributed by atoms with Crippen LogP contribution in [0.4, 0.5) is 0 Å². The van der Waals surface area contributed by atoms with Crippen LogP contribution in [0.2, 0.25) is 0 Å². The summed E-state index contributed by atoms with van der Waals surface area (Å²) in [5, 5.41) is 0. The standard InChI is InChI=1S/C14H26O2/c1-10(2)12-13(11(3)4)16-8-6-14(12)5-7-15-9-14/h10-13H,5-9H2,1-4H3. The number of hydrogen-bond donors (Lipinski definition) is 0. The second-order valence-electron chi connectivity index (χ2n) is 6.26. The number of hydrogen-bond acceptors (Lipinski definition) is 2. The zero-order valence-corrected chi connectivity index (χ0v) is 11.2. The molecule has 1 spiro atoms. The highest BCUT2D eigenvalue weighted by Crippen LogP contribution is 2.49. The van der Waals surface area contributed by atoms with Crippen molar-refractivity contribution in [3.05, 3.63) is 0 Å². The molecule has 0 aromatic heterocycles. The van der Waals surface area contributed by atoms with Crippen molar-refractivity contribution >= 4 is 0 Å². The molecule has 3 unspecified atom stereocenters. The normalized spacial score (nSPS) is 40.1. The Morgan fingerprint density at radius 2 is 1.69 bits per heavy atom. The first-order valence-corrected chi connectivity index (χ1v) is 6.76. The van der Waals surface area contributed by atoms with Crippen molar-refractivity contribution in [1.29, 1.82) is 0 Å². The van der Waals surface area contributed by atoms with Gasteiger partial charge >= 0.3 is 0 Å². The summed E-state index contributed by atoms with van der Waals surface area (Å²) in [5.41, 5.74) is 0.418. The molecule has 0 aromatic carbocycles. The van der Waals surface area contributed by atoms with E-state index in [4.69, 9.17) is 9.47 Å². The molecule has 94 valence electrons. The molecule has 2 aliphatic rings. The van der Waals surface area contributed by atoms with Crippen LogP contribution in [0.5, 0.6) is 0 Å². The third kappa shape index (κ3) is 2.02. The summed E-state index contributed by atoms with van der Waals surface area (Å²) in [6.45, 7) is 12.1. The van der Waals surface area contributed by atoms with Gasteiger partial charge in [0.15, 0.2) is 0 Å². The molecule has 2 aliphatic heterocycles. The van der Waals surface area contributed by atoms with E-state index < -0.39 is 0 Å². The largest absolute Gasteiger partial charge is 0.381 e. The quantitative estimate of drug-likeness (QED) is 0.720. The predicted octanol–water partition coefficient (Wildman–Crippen LogP) is 3.11. The first-order chi connectivity index (χ1) is 7.57. The molecule has 0 bridgehead atoms. The molecule has 0 saturated carbocycles. The van der Waals surface area contributed by atoms with E-state index in [0.29, 0.717) is 29.3 Å². The van der Waals surface area contributed by atoms with Gasteiger partial charge in [0.2, 0.25) is 0 Å². The monoisotopic (exact) mass is 226 g/mol. The Labute approximate surface area is 99.7 Å². The summed E-state index contributed by atoms with van der Waals surface area (Å²) in [7, 11) is 0. The van der Waals surface area contributed by atoms with Gasteiger partial charge in [0.25, 0.3) is 0 Å². The third-order valence-electron chi connectivity index (χ3n) is 4.48. The summed E-state index contributed by atoms with van der Waals surface area (Å²) >= 11 is 0. The average Bonchev–Trinajstić information content (AvgIpc) is 2.65. The SMILES string of the molecule is CC(C)C1OCCC2(CCOC2)C1C(C)C. The van der Waals surface area contributed by atoms with E-state index in [1.165, 1.54) is 12.8 Å². The molecule has 0 radical (unpaired) electrons. The lowest BCUT2D eigenvalue weighted by Crippen LogP contribution is -2.50. The lowest BCUT2D eigenvalue weighted by atomic mass is 9.62. The zero-order valence-electron chi connectivity index (χ0n) is 11.2. The first kappa shape index (κ1) is 12.4. The molecule has 0 N–H and O–H groups in total. The van der Waals surface area contributed by atoms with Crippen molar-refractivity contribution in [3.8, 4) is 0 Å². The summed E-state index contributed by atoms with van der Waals surface area (Å²) in [6, 6.07) is 0. The zero-order chi connectivity index (χ0) is 11.8. The van der Waals surface area contributed by atoms with Crippen LogP contribution in [-0.4, -0.2) is 25.9 Å². The van der Waals surface area contributed by atoms with E-state index in [0.717, 1.165) is 19.8 Å². The summed E-state index contributed by atoms with van der Waals surface area (Å²) < 4.78 is 11.7. The second-order valence-corrected chi connectivity index (χ2v) is 6.26. The Morgan fingerprint density at radius 1 is 1.00 bits per heavy atom. The Bertz CT molecular complexity index is 229. The Hall–Kier alpha value is -0.0800. The molecule has 2 saturated heterocycles. The summed E-state index contributed by atoms with van der Waals surface area (Å²) in [4.78, 5) is 0. The van der Waals surface area contributed by atoms with Crippen molar-refractivity contribution in [2.75, 3.05) is 19.8 Å². The lowest BCUT2D eigenvalue weighted by Gasteiger charge is -2.48. The van der Waals surface area contributed by atoms with Crippen molar-refractivity contribution in [1.82, 2.24) is 0 Å². The van der Waals surface area contributed by atoms with E-state index in [-0.39, 0.29) is 0 Å². The Kier molecular flexibility index (Phi) is 3.60. The second kappa shape index (κ2) is 4.66. The van der Waals surface area contributed by atoms with Gasteiger partial charge < -0.3 is 9.47 Å². The van der Waals surface area contributed by atoms with Crippen LogP contribution in [0.15, 0.2) is 0 Å². The molecular weight excluding hydrogens is 200 g/mol. The highest BCUT2D eigenvalue weighted by atomic mass is 16.5. The molecule has 0 amide bonds. The Morgan fingerprint density at radius 3 is 2.19 bits per heavy atom. The average molecular weight is 226 g/mol. The van der Waals surface area contributed by atoms with Crippen LogP contribution in [0, 0.1) is 23.2 Å². The van der Waals surface area contributed by atoms with E-state index in [1.807, 2.05) is 0 Å². The van der Waals surface area contributed by atoms with Crippen LogP contribution >= 0.6 is 0 Å². The minimum absolute atomic E-state index is 0.418. The molecular formula is C14H26O2. The van der Waals surface area contributed by atoms with Crippen LogP contribution in [-0.2, 0) is 9.47 Å². The van der Waals surface area contributed by atoms with E-state index in [2.05, 4.69) is 27.7 Å². The van der Waals surface area contributed by atoms with Crippen molar-refractivity contribution in [2.45, 2.75) is 46.6 Å². The minimum atomic E-state index is 0.418. The fourth-order valence-corrected chi connectivity index (χ4v) is 3.79. The van der Waals surface area contributed by atoms with Gasteiger partial charge in [-0.3, -0.25) is 0 Å². The highest BCUT2D eigenvalue weighted by molar-refractivity contribution is 4.97. The maximum atomic E-state index is 6.04. The summed E-state index contributed by atoms with van der Waals surface area (Å²) in [5.74, 6) is 1.98. The van der Waals surface area contributed by atoms with Gasteiger partial charge in [-0.05, 0) is 30.6 Å². The molecule has 16 heavy (non-hydrogen) atoms. The molecule has 2 heteroatoms. The van der Waals surface area contributed by atoms with Gasteiger partial charge in [0.1, 0.15) is 0 Å². The highest BCUT2D eigenvalue weighted by Gasteiger charge is 2.50. The van der Waals surface area contributed by atoms with Gasteiger partial charge in [-0.2, -0.15) is 0 Å². The van der Waals surface area contributed by atoms with Gasteiger partial charge in [-0.1, -0.05) is 27.7 Å². The third-order valence-corrected chi connectivity index (χ3v) is 4.48. The molecule has 0 aliphatic carbocycles. The van der Waals surface area contributed by atoms with Crippen molar-refractivity contribution < 1.29 is 9.47 Å². The Balaban J connectivity index is 2.23. The maximum absolute atomic E-state index is 6.04. The topological polar surface area (TPSA) is 18.5 Å². The first-order valence-electron chi connectivity index (χ1n) is 6.76. The maximum Gasteiger partial charge on any atom is 0.0634 e. The van der Waals surface area contributed by atoms with Gasteiger partial charge in [-0.25, -0.2) is 0 Å². The fraction of sp³-hybridized carbons (Fsp3) is 1.00.